The highest BCUT2D eigenvalue weighted by atomic mass is 32.2. The van der Waals surface area contributed by atoms with Gasteiger partial charge in [0.2, 0.25) is 0 Å². The van der Waals surface area contributed by atoms with Crippen LogP contribution in [0.3, 0.4) is 0 Å². The summed E-state index contributed by atoms with van der Waals surface area (Å²) in [6.45, 7) is 1.49. The Morgan fingerprint density at radius 1 is 1.35 bits per heavy atom. The minimum atomic E-state index is -0.986. The lowest BCUT2D eigenvalue weighted by Gasteiger charge is -2.17. The number of carbonyl (C=O) groups is 1. The summed E-state index contributed by atoms with van der Waals surface area (Å²) in [4.78, 5) is 15.1. The number of thioether (sulfide) groups is 1. The van der Waals surface area contributed by atoms with E-state index in [1.807, 2.05) is 30.3 Å². The van der Waals surface area contributed by atoms with Gasteiger partial charge in [0.15, 0.2) is 5.12 Å². The second kappa shape index (κ2) is 6.83. The molecule has 2 N–H and O–H groups in total. The van der Waals surface area contributed by atoms with Crippen LogP contribution in [0.1, 0.15) is 25.0 Å². The van der Waals surface area contributed by atoms with E-state index < -0.39 is 12.2 Å². The molecule has 2 atom stereocenters. The second-order valence-electron chi connectivity index (χ2n) is 4.60. The molecule has 0 saturated heterocycles. The molecule has 0 fully saturated rings. The van der Waals surface area contributed by atoms with E-state index in [0.717, 1.165) is 22.7 Å². The van der Waals surface area contributed by atoms with Gasteiger partial charge in [0.25, 0.3) is 0 Å². The highest BCUT2D eigenvalue weighted by Crippen LogP contribution is 2.23. The van der Waals surface area contributed by atoms with Crippen LogP contribution in [-0.2, 0) is 4.79 Å². The Morgan fingerprint density at radius 3 is 2.85 bits per heavy atom. The van der Waals surface area contributed by atoms with Gasteiger partial charge in [-0.3, -0.25) is 9.78 Å². The van der Waals surface area contributed by atoms with Crippen molar-refractivity contribution in [3.05, 3.63) is 42.1 Å². The van der Waals surface area contributed by atoms with E-state index in [9.17, 15) is 15.0 Å². The number of aliphatic hydroxyl groups is 2. The quantitative estimate of drug-likeness (QED) is 0.884. The van der Waals surface area contributed by atoms with E-state index in [1.165, 1.54) is 6.92 Å². The average Bonchev–Trinajstić information content (AvgIpc) is 2.45. The fraction of sp³-hybridized carbons (Fsp3) is 0.333. The number of aromatic nitrogens is 1. The number of benzene rings is 1. The zero-order valence-electron chi connectivity index (χ0n) is 11.2. The standard InChI is InChI=1S/C15H17NO3S/c1-10(17)20-7-6-14(18)15(19)12-8-11-4-2-3-5-13(11)16-9-12/h2-5,8-9,14-15,18-19H,6-7H2,1H3. The summed E-state index contributed by atoms with van der Waals surface area (Å²) in [5.41, 5.74) is 1.44. The monoisotopic (exact) mass is 291 g/mol. The lowest BCUT2D eigenvalue weighted by Crippen LogP contribution is -2.19. The summed E-state index contributed by atoms with van der Waals surface area (Å²) in [5.74, 6) is 0.495. The number of carbonyl (C=O) groups excluding carboxylic acids is 1. The lowest BCUT2D eigenvalue weighted by molar-refractivity contribution is -0.109. The van der Waals surface area contributed by atoms with Crippen LogP contribution in [0.25, 0.3) is 10.9 Å². The summed E-state index contributed by atoms with van der Waals surface area (Å²) < 4.78 is 0. The first-order valence-corrected chi connectivity index (χ1v) is 7.40. The second-order valence-corrected chi connectivity index (χ2v) is 5.87. The van der Waals surface area contributed by atoms with Crippen LogP contribution in [-0.4, -0.2) is 32.2 Å². The normalized spacial score (nSPS) is 14.2. The van der Waals surface area contributed by atoms with Crippen LogP contribution in [0.2, 0.25) is 0 Å². The van der Waals surface area contributed by atoms with Crippen molar-refractivity contribution in [2.24, 2.45) is 0 Å². The van der Waals surface area contributed by atoms with Crippen LogP contribution in [0.5, 0.6) is 0 Å². The maximum atomic E-state index is 10.8. The summed E-state index contributed by atoms with van der Waals surface area (Å²) in [5, 5.41) is 21.0. The molecule has 106 valence electrons. The van der Waals surface area contributed by atoms with E-state index in [1.54, 1.807) is 6.20 Å². The molecule has 1 aromatic heterocycles. The molecule has 2 aromatic rings. The van der Waals surface area contributed by atoms with Gasteiger partial charge in [-0.15, -0.1) is 0 Å². The molecule has 0 saturated carbocycles. The maximum absolute atomic E-state index is 10.8. The Labute approximate surface area is 121 Å². The smallest absolute Gasteiger partial charge is 0.185 e. The van der Waals surface area contributed by atoms with Crippen molar-refractivity contribution >= 4 is 27.8 Å². The van der Waals surface area contributed by atoms with Crippen molar-refractivity contribution in [3.63, 3.8) is 0 Å². The van der Waals surface area contributed by atoms with E-state index in [2.05, 4.69) is 4.98 Å². The fourth-order valence-corrected chi connectivity index (χ4v) is 2.60. The number of fused-ring (bicyclic) bond motifs is 1. The molecule has 1 heterocycles. The largest absolute Gasteiger partial charge is 0.390 e. The van der Waals surface area contributed by atoms with Crippen LogP contribution in [0.4, 0.5) is 0 Å². The number of rotatable bonds is 5. The predicted octanol–water partition coefficient (Wildman–Crippen LogP) is 2.30. The van der Waals surface area contributed by atoms with Crippen LogP contribution in [0.15, 0.2) is 36.5 Å². The van der Waals surface area contributed by atoms with Gasteiger partial charge in [-0.25, -0.2) is 0 Å². The van der Waals surface area contributed by atoms with Gasteiger partial charge in [-0.05, 0) is 18.6 Å². The minimum Gasteiger partial charge on any atom is -0.390 e. The number of pyridine rings is 1. The summed E-state index contributed by atoms with van der Waals surface area (Å²) >= 11 is 1.15. The Morgan fingerprint density at radius 2 is 2.10 bits per heavy atom. The molecule has 1 aromatic carbocycles. The molecule has 0 amide bonds. The Balaban J connectivity index is 2.06. The van der Waals surface area contributed by atoms with Gasteiger partial charge < -0.3 is 10.2 Å². The van der Waals surface area contributed by atoms with E-state index >= 15 is 0 Å². The van der Waals surface area contributed by atoms with Crippen molar-refractivity contribution in [1.29, 1.82) is 0 Å². The third-order valence-corrected chi connectivity index (χ3v) is 3.88. The first-order valence-electron chi connectivity index (χ1n) is 6.42. The number of aliphatic hydroxyl groups excluding tert-OH is 2. The van der Waals surface area contributed by atoms with E-state index in [4.69, 9.17) is 0 Å². The van der Waals surface area contributed by atoms with Crippen molar-refractivity contribution < 1.29 is 15.0 Å². The summed E-state index contributed by atoms with van der Waals surface area (Å²) in [6.07, 6.45) is 0.0523. The van der Waals surface area contributed by atoms with Gasteiger partial charge in [0.1, 0.15) is 6.10 Å². The zero-order valence-corrected chi connectivity index (χ0v) is 12.0. The molecule has 2 rings (SSSR count). The minimum absolute atomic E-state index is 0.0130. The van der Waals surface area contributed by atoms with Gasteiger partial charge in [0, 0.05) is 29.8 Å². The van der Waals surface area contributed by atoms with E-state index in [-0.39, 0.29) is 5.12 Å². The van der Waals surface area contributed by atoms with Crippen LogP contribution in [0, 0.1) is 0 Å². The highest BCUT2D eigenvalue weighted by molar-refractivity contribution is 8.13. The Hall–Kier alpha value is -1.43. The molecule has 0 spiro atoms. The third-order valence-electron chi connectivity index (χ3n) is 3.04. The summed E-state index contributed by atoms with van der Waals surface area (Å²) in [7, 11) is 0. The van der Waals surface area contributed by atoms with Crippen molar-refractivity contribution in [1.82, 2.24) is 4.98 Å². The molecule has 4 nitrogen and oxygen atoms in total. The van der Waals surface area contributed by atoms with Gasteiger partial charge in [-0.1, -0.05) is 30.0 Å². The van der Waals surface area contributed by atoms with Crippen LogP contribution >= 0.6 is 11.8 Å². The molecular weight excluding hydrogens is 274 g/mol. The number of nitrogens with zero attached hydrogens (tertiary/aromatic N) is 1. The van der Waals surface area contributed by atoms with Gasteiger partial charge in [0.05, 0.1) is 11.6 Å². The molecule has 0 radical (unpaired) electrons. The molecule has 20 heavy (non-hydrogen) atoms. The Bertz CT molecular complexity index is 602. The fourth-order valence-electron chi connectivity index (χ4n) is 1.95. The molecule has 0 bridgehead atoms. The third kappa shape index (κ3) is 3.79. The maximum Gasteiger partial charge on any atom is 0.185 e. The van der Waals surface area contributed by atoms with Crippen molar-refractivity contribution in [2.75, 3.05) is 5.75 Å². The number of hydrogen-bond acceptors (Lipinski definition) is 5. The lowest BCUT2D eigenvalue weighted by atomic mass is 10.0. The SMILES string of the molecule is CC(=O)SCCC(O)C(O)c1cnc2ccccc2c1. The molecule has 0 aliphatic rings. The number of hydrogen-bond donors (Lipinski definition) is 2. The predicted molar refractivity (Wildman–Crippen MR) is 80.5 cm³/mol. The summed E-state index contributed by atoms with van der Waals surface area (Å²) in [6, 6.07) is 9.44. The average molecular weight is 291 g/mol. The number of para-hydroxylation sites is 1. The first kappa shape index (κ1) is 15.0. The topological polar surface area (TPSA) is 70.4 Å². The van der Waals surface area contributed by atoms with Gasteiger partial charge in [-0.2, -0.15) is 0 Å². The zero-order chi connectivity index (χ0) is 14.5. The molecule has 0 aliphatic carbocycles. The molecular formula is C15H17NO3S. The van der Waals surface area contributed by atoms with Crippen molar-refractivity contribution in [2.45, 2.75) is 25.6 Å². The molecule has 5 heteroatoms. The molecule has 2 unspecified atom stereocenters. The molecule has 0 aliphatic heterocycles. The highest BCUT2D eigenvalue weighted by Gasteiger charge is 2.19. The van der Waals surface area contributed by atoms with Crippen molar-refractivity contribution in [3.8, 4) is 0 Å². The Kier molecular flexibility index (Phi) is 5.11. The van der Waals surface area contributed by atoms with E-state index in [0.29, 0.717) is 17.7 Å². The van der Waals surface area contributed by atoms with Crippen LogP contribution < -0.4 is 0 Å². The first-order chi connectivity index (χ1) is 9.58. The van der Waals surface area contributed by atoms with Gasteiger partial charge >= 0.3 is 0 Å².